The van der Waals surface area contributed by atoms with Crippen molar-refractivity contribution in [3.8, 4) is 0 Å². The third kappa shape index (κ3) is 9.59. The molecule has 0 aromatic rings. The van der Waals surface area contributed by atoms with Gasteiger partial charge in [-0.2, -0.15) is 13.2 Å². The fraction of sp³-hybridized carbons (Fsp3) is 0.933. The minimum Gasteiger partial charge on any atom is -0.396 e. The summed E-state index contributed by atoms with van der Waals surface area (Å²) in [5.41, 5.74) is -0.000616. The lowest BCUT2D eigenvalue weighted by atomic mass is 9.72. The zero-order valence-corrected chi connectivity index (χ0v) is 16.0. The Hall–Kier alpha value is -0.250. The minimum atomic E-state index is -4.16. The summed E-state index contributed by atoms with van der Waals surface area (Å²) < 4.78 is 36.6. The summed E-state index contributed by atoms with van der Waals surface area (Å²) in [6, 6.07) is 0. The van der Waals surface area contributed by atoms with E-state index in [0.717, 1.165) is 25.7 Å². The van der Waals surface area contributed by atoms with E-state index in [4.69, 9.17) is 0 Å². The van der Waals surface area contributed by atoms with Crippen molar-refractivity contribution in [3.05, 3.63) is 0 Å². The Bertz CT molecular complexity index is 340. The molecule has 1 aliphatic carbocycles. The predicted octanol–water partition coefficient (Wildman–Crippen LogP) is 3.44. The lowest BCUT2D eigenvalue weighted by Gasteiger charge is -2.35. The fourth-order valence-corrected chi connectivity index (χ4v) is 2.94. The standard InChI is InChI=1S/C15H28F3N3O.HI/c1-2-19-13(20-10-8-15(16,17)18)21-12-14(9-11-22)6-4-3-5-7-14;/h22H,2-12H2,1H3,(H2,19,20,21);1H. The van der Waals surface area contributed by atoms with E-state index in [2.05, 4.69) is 15.6 Å². The third-order valence-corrected chi connectivity index (χ3v) is 4.17. The molecule has 0 spiro atoms. The molecule has 1 aliphatic rings. The monoisotopic (exact) mass is 451 g/mol. The van der Waals surface area contributed by atoms with E-state index in [1.807, 2.05) is 6.92 Å². The summed E-state index contributed by atoms with van der Waals surface area (Å²) in [4.78, 5) is 4.46. The molecule has 8 heteroatoms. The molecule has 0 aromatic carbocycles. The van der Waals surface area contributed by atoms with E-state index in [9.17, 15) is 18.3 Å². The van der Waals surface area contributed by atoms with Crippen LogP contribution in [0, 0.1) is 5.41 Å². The first kappa shape index (κ1) is 22.8. The van der Waals surface area contributed by atoms with Gasteiger partial charge in [0.25, 0.3) is 0 Å². The van der Waals surface area contributed by atoms with Crippen molar-refractivity contribution >= 4 is 29.9 Å². The molecule has 0 radical (unpaired) electrons. The van der Waals surface area contributed by atoms with Crippen molar-refractivity contribution < 1.29 is 18.3 Å². The second-order valence-corrected chi connectivity index (χ2v) is 6.02. The maximum absolute atomic E-state index is 12.2. The largest absolute Gasteiger partial charge is 0.396 e. The van der Waals surface area contributed by atoms with E-state index in [-0.39, 0.29) is 42.5 Å². The number of hydrogen-bond donors (Lipinski definition) is 3. The quantitative estimate of drug-likeness (QED) is 0.316. The number of aliphatic imine (C=N–C) groups is 1. The average Bonchev–Trinajstić information content (AvgIpc) is 2.45. The van der Waals surface area contributed by atoms with Crippen LogP contribution in [-0.2, 0) is 0 Å². The molecule has 23 heavy (non-hydrogen) atoms. The van der Waals surface area contributed by atoms with Gasteiger partial charge in [0.2, 0.25) is 0 Å². The Kier molecular flexibility index (Phi) is 11.2. The number of guanidine groups is 1. The van der Waals surface area contributed by atoms with Gasteiger partial charge in [-0.3, -0.25) is 4.99 Å². The van der Waals surface area contributed by atoms with Gasteiger partial charge in [-0.15, -0.1) is 24.0 Å². The van der Waals surface area contributed by atoms with Crippen LogP contribution in [0.5, 0.6) is 0 Å². The second-order valence-electron chi connectivity index (χ2n) is 6.02. The van der Waals surface area contributed by atoms with Gasteiger partial charge in [0.1, 0.15) is 0 Å². The summed E-state index contributed by atoms with van der Waals surface area (Å²) >= 11 is 0. The first-order chi connectivity index (χ1) is 10.4. The molecule has 0 saturated heterocycles. The molecule has 0 amide bonds. The van der Waals surface area contributed by atoms with Crippen LogP contribution < -0.4 is 10.6 Å². The van der Waals surface area contributed by atoms with Crippen LogP contribution in [0.4, 0.5) is 13.2 Å². The van der Waals surface area contributed by atoms with Crippen molar-refractivity contribution in [1.82, 2.24) is 10.6 Å². The highest BCUT2D eigenvalue weighted by molar-refractivity contribution is 14.0. The Morgan fingerprint density at radius 2 is 1.83 bits per heavy atom. The van der Waals surface area contributed by atoms with Crippen LogP contribution in [0.3, 0.4) is 0 Å². The number of aliphatic hydroxyl groups excluding tert-OH is 1. The van der Waals surface area contributed by atoms with E-state index in [0.29, 0.717) is 25.5 Å². The molecule has 1 fully saturated rings. The fourth-order valence-electron chi connectivity index (χ4n) is 2.94. The van der Waals surface area contributed by atoms with Crippen LogP contribution >= 0.6 is 24.0 Å². The summed E-state index contributed by atoms with van der Waals surface area (Å²) in [5, 5.41) is 15.0. The first-order valence-electron chi connectivity index (χ1n) is 8.10. The van der Waals surface area contributed by atoms with Gasteiger partial charge in [0.15, 0.2) is 5.96 Å². The molecular formula is C15H29F3IN3O. The van der Waals surface area contributed by atoms with Crippen molar-refractivity contribution in [2.75, 3.05) is 26.2 Å². The molecule has 1 saturated carbocycles. The number of rotatable bonds is 7. The first-order valence-corrected chi connectivity index (χ1v) is 8.10. The van der Waals surface area contributed by atoms with Crippen molar-refractivity contribution in [2.24, 2.45) is 10.4 Å². The van der Waals surface area contributed by atoms with Crippen molar-refractivity contribution in [2.45, 2.75) is 58.0 Å². The Morgan fingerprint density at radius 1 is 1.17 bits per heavy atom. The number of alkyl halides is 3. The molecule has 4 nitrogen and oxygen atoms in total. The molecule has 0 bridgehead atoms. The van der Waals surface area contributed by atoms with E-state index < -0.39 is 12.6 Å². The zero-order chi connectivity index (χ0) is 16.5. The minimum absolute atomic E-state index is 0. The van der Waals surface area contributed by atoms with Crippen molar-refractivity contribution in [1.29, 1.82) is 0 Å². The van der Waals surface area contributed by atoms with Crippen LogP contribution in [0.15, 0.2) is 4.99 Å². The number of hydrogen-bond acceptors (Lipinski definition) is 2. The van der Waals surface area contributed by atoms with Gasteiger partial charge in [-0.05, 0) is 31.6 Å². The Balaban J connectivity index is 0.00000484. The number of aliphatic hydroxyl groups is 1. The van der Waals surface area contributed by atoms with E-state index >= 15 is 0 Å². The maximum atomic E-state index is 12.2. The van der Waals surface area contributed by atoms with Gasteiger partial charge in [-0.25, -0.2) is 0 Å². The normalized spacial score (nSPS) is 18.2. The van der Waals surface area contributed by atoms with Crippen LogP contribution in [0.1, 0.15) is 51.9 Å². The van der Waals surface area contributed by atoms with Crippen LogP contribution in [0.2, 0.25) is 0 Å². The maximum Gasteiger partial charge on any atom is 0.390 e. The molecule has 138 valence electrons. The van der Waals surface area contributed by atoms with E-state index in [1.54, 1.807) is 0 Å². The smallest absolute Gasteiger partial charge is 0.390 e. The van der Waals surface area contributed by atoms with Gasteiger partial charge >= 0.3 is 6.18 Å². The second kappa shape index (κ2) is 11.3. The number of nitrogens with one attached hydrogen (secondary N) is 2. The molecule has 0 aliphatic heterocycles. The molecule has 3 N–H and O–H groups in total. The molecular weight excluding hydrogens is 422 g/mol. The molecule has 0 heterocycles. The van der Waals surface area contributed by atoms with Gasteiger partial charge in [0.05, 0.1) is 6.42 Å². The Labute approximate surface area is 153 Å². The molecule has 0 aromatic heterocycles. The highest BCUT2D eigenvalue weighted by Crippen LogP contribution is 2.39. The molecule has 1 rings (SSSR count). The summed E-state index contributed by atoms with van der Waals surface area (Å²) in [7, 11) is 0. The molecule has 0 atom stereocenters. The third-order valence-electron chi connectivity index (χ3n) is 4.17. The average molecular weight is 451 g/mol. The lowest BCUT2D eigenvalue weighted by Crippen LogP contribution is -2.40. The highest BCUT2D eigenvalue weighted by Gasteiger charge is 2.31. The SMILES string of the molecule is CCNC(=NCC1(CCO)CCCCC1)NCCC(F)(F)F.I. The lowest BCUT2D eigenvalue weighted by molar-refractivity contribution is -0.132. The molecule has 0 unspecified atom stereocenters. The van der Waals surface area contributed by atoms with Gasteiger partial charge < -0.3 is 15.7 Å². The summed E-state index contributed by atoms with van der Waals surface area (Å²) in [5.74, 6) is 0.426. The number of halogens is 4. The van der Waals surface area contributed by atoms with Gasteiger partial charge in [-0.1, -0.05) is 19.3 Å². The number of nitrogens with zero attached hydrogens (tertiary/aromatic N) is 1. The van der Waals surface area contributed by atoms with Crippen molar-refractivity contribution in [3.63, 3.8) is 0 Å². The van der Waals surface area contributed by atoms with Crippen LogP contribution in [-0.4, -0.2) is 43.5 Å². The Morgan fingerprint density at radius 3 is 2.35 bits per heavy atom. The predicted molar refractivity (Wildman–Crippen MR) is 97.3 cm³/mol. The summed E-state index contributed by atoms with van der Waals surface area (Å²) in [6.07, 6.45) is 1.20. The summed E-state index contributed by atoms with van der Waals surface area (Å²) in [6.45, 7) is 2.99. The van der Waals surface area contributed by atoms with Gasteiger partial charge in [0, 0.05) is 26.2 Å². The highest BCUT2D eigenvalue weighted by atomic mass is 127. The topological polar surface area (TPSA) is 56.7 Å². The zero-order valence-electron chi connectivity index (χ0n) is 13.7. The van der Waals surface area contributed by atoms with E-state index in [1.165, 1.54) is 6.42 Å². The van der Waals surface area contributed by atoms with Crippen LogP contribution in [0.25, 0.3) is 0 Å².